The van der Waals surface area contributed by atoms with Crippen molar-refractivity contribution >= 4 is 16.5 Å². The first-order chi connectivity index (χ1) is 6.04. The number of nitrogens with zero attached hydrogens (tertiary/aromatic N) is 2. The summed E-state index contributed by atoms with van der Waals surface area (Å²) in [7, 11) is 0. The van der Waals surface area contributed by atoms with Crippen molar-refractivity contribution in [2.24, 2.45) is 0 Å². The van der Waals surface area contributed by atoms with Crippen LogP contribution in [0.4, 0.5) is 5.13 Å². The van der Waals surface area contributed by atoms with E-state index in [2.05, 4.69) is 36.3 Å². The highest BCUT2D eigenvalue weighted by Crippen LogP contribution is 2.27. The topological polar surface area (TPSA) is 58.0 Å². The Morgan fingerprint density at radius 1 is 1.38 bits per heavy atom. The van der Waals surface area contributed by atoms with Crippen LogP contribution >= 0.6 is 11.3 Å². The van der Waals surface area contributed by atoms with Gasteiger partial charge in [-0.3, -0.25) is 0 Å². The fourth-order valence-corrected chi connectivity index (χ4v) is 1.59. The second kappa shape index (κ2) is 4.02. The molecule has 0 saturated carbocycles. The van der Waals surface area contributed by atoms with Crippen LogP contribution in [-0.2, 0) is 5.41 Å². The van der Waals surface area contributed by atoms with Gasteiger partial charge in [-0.2, -0.15) is 0 Å². The molecule has 0 radical (unpaired) electrons. The number of aromatic nitrogens is 2. The predicted octanol–water partition coefficient (Wildman–Crippen LogP) is 1.24. The maximum Gasteiger partial charge on any atom is 0.205 e. The van der Waals surface area contributed by atoms with Gasteiger partial charge in [0.2, 0.25) is 5.13 Å². The third-order valence-corrected chi connectivity index (χ3v) is 2.76. The maximum atomic E-state index is 8.59. The summed E-state index contributed by atoms with van der Waals surface area (Å²) in [5.41, 5.74) is 0.0524. The van der Waals surface area contributed by atoms with Crippen molar-refractivity contribution in [2.45, 2.75) is 26.2 Å². The maximum absolute atomic E-state index is 8.59. The van der Waals surface area contributed by atoms with E-state index >= 15 is 0 Å². The molecular formula is C8H15N3OS. The normalized spacial score (nSPS) is 11.7. The summed E-state index contributed by atoms with van der Waals surface area (Å²) in [6.07, 6.45) is 0. The molecule has 0 atom stereocenters. The van der Waals surface area contributed by atoms with Gasteiger partial charge in [0, 0.05) is 12.0 Å². The first-order valence-electron chi connectivity index (χ1n) is 4.23. The van der Waals surface area contributed by atoms with E-state index in [0.29, 0.717) is 6.54 Å². The van der Waals surface area contributed by atoms with Gasteiger partial charge in [0.25, 0.3) is 0 Å². The summed E-state index contributed by atoms with van der Waals surface area (Å²) < 4.78 is 0. The van der Waals surface area contributed by atoms with E-state index in [1.807, 2.05) is 0 Å². The summed E-state index contributed by atoms with van der Waals surface area (Å²) in [5.74, 6) is 0. The Balaban J connectivity index is 2.64. The van der Waals surface area contributed by atoms with Gasteiger partial charge in [-0.1, -0.05) is 32.1 Å². The van der Waals surface area contributed by atoms with Gasteiger partial charge in [-0.15, -0.1) is 10.2 Å². The highest BCUT2D eigenvalue weighted by molar-refractivity contribution is 7.15. The molecule has 1 aromatic heterocycles. The molecule has 4 nitrogen and oxygen atoms in total. The average Bonchev–Trinajstić information content (AvgIpc) is 2.47. The molecule has 0 aliphatic carbocycles. The molecule has 0 aliphatic rings. The van der Waals surface area contributed by atoms with Crippen molar-refractivity contribution in [3.05, 3.63) is 5.01 Å². The lowest BCUT2D eigenvalue weighted by molar-refractivity contribution is 0.311. The highest BCUT2D eigenvalue weighted by atomic mass is 32.1. The Labute approximate surface area is 82.0 Å². The zero-order valence-corrected chi connectivity index (χ0v) is 8.98. The van der Waals surface area contributed by atoms with Crippen molar-refractivity contribution in [3.63, 3.8) is 0 Å². The molecule has 0 aromatic carbocycles. The van der Waals surface area contributed by atoms with E-state index in [4.69, 9.17) is 5.11 Å². The molecule has 0 fully saturated rings. The zero-order chi connectivity index (χ0) is 9.90. The van der Waals surface area contributed by atoms with Crippen LogP contribution in [-0.4, -0.2) is 28.5 Å². The first kappa shape index (κ1) is 10.4. The SMILES string of the molecule is CC(C)(C)c1nnc(NCCO)s1. The lowest BCUT2D eigenvalue weighted by Crippen LogP contribution is -2.10. The van der Waals surface area contributed by atoms with Gasteiger partial charge in [0.05, 0.1) is 6.61 Å². The number of hydrogen-bond donors (Lipinski definition) is 2. The smallest absolute Gasteiger partial charge is 0.205 e. The highest BCUT2D eigenvalue weighted by Gasteiger charge is 2.18. The minimum absolute atomic E-state index is 0.0524. The monoisotopic (exact) mass is 201 g/mol. The predicted molar refractivity (Wildman–Crippen MR) is 54.2 cm³/mol. The van der Waals surface area contributed by atoms with Crippen LogP contribution in [0.3, 0.4) is 0 Å². The van der Waals surface area contributed by atoms with Gasteiger partial charge < -0.3 is 10.4 Å². The molecule has 13 heavy (non-hydrogen) atoms. The molecule has 0 spiro atoms. The molecule has 1 heterocycles. The van der Waals surface area contributed by atoms with Crippen molar-refractivity contribution < 1.29 is 5.11 Å². The molecule has 0 bridgehead atoms. The molecule has 2 N–H and O–H groups in total. The second-order valence-corrected chi connectivity index (χ2v) is 4.79. The van der Waals surface area contributed by atoms with Crippen LogP contribution in [0.2, 0.25) is 0 Å². The molecule has 5 heteroatoms. The Hall–Kier alpha value is -0.680. The van der Waals surface area contributed by atoms with Crippen LogP contribution < -0.4 is 5.32 Å². The van der Waals surface area contributed by atoms with Gasteiger partial charge in [-0.05, 0) is 0 Å². The quantitative estimate of drug-likeness (QED) is 0.772. The Morgan fingerprint density at radius 3 is 2.54 bits per heavy atom. The Kier molecular flexibility index (Phi) is 3.22. The van der Waals surface area contributed by atoms with Crippen molar-refractivity contribution in [1.82, 2.24) is 10.2 Å². The molecule has 0 unspecified atom stereocenters. The number of aliphatic hydroxyl groups is 1. The van der Waals surface area contributed by atoms with Crippen LogP contribution in [0.25, 0.3) is 0 Å². The lowest BCUT2D eigenvalue weighted by Gasteiger charge is -2.12. The van der Waals surface area contributed by atoms with Gasteiger partial charge >= 0.3 is 0 Å². The standard InChI is InChI=1S/C8H15N3OS/c1-8(2,3)6-10-11-7(13-6)9-4-5-12/h12H,4-5H2,1-3H3,(H,9,11). The number of rotatable bonds is 3. The molecular weight excluding hydrogens is 186 g/mol. The molecule has 0 aliphatic heterocycles. The summed E-state index contributed by atoms with van der Waals surface area (Å²) in [5, 5.41) is 21.4. The van der Waals surface area contributed by atoms with Gasteiger partial charge in [-0.25, -0.2) is 0 Å². The van der Waals surface area contributed by atoms with E-state index in [9.17, 15) is 0 Å². The number of anilines is 1. The summed E-state index contributed by atoms with van der Waals surface area (Å²) in [6.45, 7) is 6.94. The van der Waals surface area contributed by atoms with Crippen molar-refractivity contribution in [3.8, 4) is 0 Å². The minimum atomic E-state index is 0.0524. The summed E-state index contributed by atoms with van der Waals surface area (Å²) in [6, 6.07) is 0. The van der Waals surface area contributed by atoms with E-state index in [-0.39, 0.29) is 12.0 Å². The average molecular weight is 201 g/mol. The molecule has 1 aromatic rings. The third-order valence-electron chi connectivity index (χ3n) is 1.45. The Bertz CT molecular complexity index is 267. The van der Waals surface area contributed by atoms with Crippen LogP contribution in [0, 0.1) is 0 Å². The molecule has 74 valence electrons. The number of nitrogens with one attached hydrogen (secondary N) is 1. The van der Waals surface area contributed by atoms with Crippen molar-refractivity contribution in [2.75, 3.05) is 18.5 Å². The zero-order valence-electron chi connectivity index (χ0n) is 8.16. The van der Waals surface area contributed by atoms with Gasteiger partial charge in [0.15, 0.2) is 0 Å². The third kappa shape index (κ3) is 2.93. The number of hydrogen-bond acceptors (Lipinski definition) is 5. The summed E-state index contributed by atoms with van der Waals surface area (Å²) in [4.78, 5) is 0. The fraction of sp³-hybridized carbons (Fsp3) is 0.750. The first-order valence-corrected chi connectivity index (χ1v) is 5.04. The van der Waals surface area contributed by atoms with E-state index in [0.717, 1.165) is 10.1 Å². The van der Waals surface area contributed by atoms with E-state index in [1.165, 1.54) is 11.3 Å². The lowest BCUT2D eigenvalue weighted by atomic mass is 9.98. The minimum Gasteiger partial charge on any atom is -0.395 e. The Morgan fingerprint density at radius 2 is 2.08 bits per heavy atom. The van der Waals surface area contributed by atoms with E-state index in [1.54, 1.807) is 0 Å². The van der Waals surface area contributed by atoms with Crippen molar-refractivity contribution in [1.29, 1.82) is 0 Å². The van der Waals surface area contributed by atoms with Crippen LogP contribution in [0.15, 0.2) is 0 Å². The molecule has 0 amide bonds. The van der Waals surface area contributed by atoms with Crippen LogP contribution in [0.1, 0.15) is 25.8 Å². The summed E-state index contributed by atoms with van der Waals surface area (Å²) >= 11 is 1.54. The van der Waals surface area contributed by atoms with Crippen LogP contribution in [0.5, 0.6) is 0 Å². The second-order valence-electron chi connectivity index (χ2n) is 3.81. The number of aliphatic hydroxyl groups excluding tert-OH is 1. The van der Waals surface area contributed by atoms with Gasteiger partial charge in [0.1, 0.15) is 5.01 Å². The molecule has 1 rings (SSSR count). The largest absolute Gasteiger partial charge is 0.395 e. The van der Waals surface area contributed by atoms with E-state index < -0.39 is 0 Å². The fourth-order valence-electron chi connectivity index (χ4n) is 0.761. The molecule has 0 saturated heterocycles.